The zero-order chi connectivity index (χ0) is 14.5. The van der Waals surface area contributed by atoms with Gasteiger partial charge in [-0.3, -0.25) is 4.79 Å². The van der Waals surface area contributed by atoms with Crippen molar-refractivity contribution >= 4 is 23.1 Å². The molecular weight excluding hydrogens is 268 g/mol. The lowest BCUT2D eigenvalue weighted by Gasteiger charge is -2.28. The highest BCUT2D eigenvalue weighted by atomic mass is 32.1. The Hall–Kier alpha value is -1.42. The molecule has 108 valence electrons. The summed E-state index contributed by atoms with van der Waals surface area (Å²) in [5.41, 5.74) is 6.99. The maximum atomic E-state index is 12.1. The van der Waals surface area contributed by atoms with Gasteiger partial charge in [-0.15, -0.1) is 0 Å². The van der Waals surface area contributed by atoms with Crippen LogP contribution >= 0.6 is 12.2 Å². The van der Waals surface area contributed by atoms with Gasteiger partial charge in [0.1, 0.15) is 4.99 Å². The van der Waals surface area contributed by atoms with E-state index >= 15 is 0 Å². The average molecular weight is 290 g/mol. The molecule has 1 saturated carbocycles. The van der Waals surface area contributed by atoms with Crippen molar-refractivity contribution in [1.82, 2.24) is 5.32 Å². The SMILES string of the molecule is CC1CCCCC1CNC(=O)c1ccc(C(N)=S)cc1. The summed E-state index contributed by atoms with van der Waals surface area (Å²) in [7, 11) is 0. The lowest BCUT2D eigenvalue weighted by molar-refractivity contribution is 0.0936. The maximum absolute atomic E-state index is 12.1. The van der Waals surface area contributed by atoms with Crippen molar-refractivity contribution in [3.8, 4) is 0 Å². The molecule has 0 spiro atoms. The molecule has 0 bridgehead atoms. The van der Waals surface area contributed by atoms with E-state index in [0.717, 1.165) is 12.1 Å². The molecule has 1 aromatic carbocycles. The number of hydrogen-bond donors (Lipinski definition) is 2. The van der Waals surface area contributed by atoms with Gasteiger partial charge in [0.05, 0.1) is 0 Å². The summed E-state index contributed by atoms with van der Waals surface area (Å²) >= 11 is 4.90. The van der Waals surface area contributed by atoms with Crippen LogP contribution in [0.3, 0.4) is 0 Å². The molecule has 3 nitrogen and oxygen atoms in total. The van der Waals surface area contributed by atoms with E-state index in [1.165, 1.54) is 25.7 Å². The number of benzene rings is 1. The van der Waals surface area contributed by atoms with Crippen LogP contribution in [0.5, 0.6) is 0 Å². The van der Waals surface area contributed by atoms with Gasteiger partial charge in [0, 0.05) is 17.7 Å². The fourth-order valence-electron chi connectivity index (χ4n) is 2.81. The molecule has 0 saturated heterocycles. The van der Waals surface area contributed by atoms with E-state index in [-0.39, 0.29) is 5.91 Å². The Balaban J connectivity index is 1.89. The number of nitrogens with one attached hydrogen (secondary N) is 1. The van der Waals surface area contributed by atoms with Crippen LogP contribution in [0.15, 0.2) is 24.3 Å². The quantitative estimate of drug-likeness (QED) is 0.838. The van der Waals surface area contributed by atoms with E-state index in [9.17, 15) is 4.79 Å². The largest absolute Gasteiger partial charge is 0.389 e. The van der Waals surface area contributed by atoms with Gasteiger partial charge in [0.25, 0.3) is 5.91 Å². The number of amides is 1. The van der Waals surface area contributed by atoms with Gasteiger partial charge in [-0.1, -0.05) is 50.5 Å². The maximum Gasteiger partial charge on any atom is 0.251 e. The van der Waals surface area contributed by atoms with Crippen LogP contribution in [-0.2, 0) is 0 Å². The lowest BCUT2D eigenvalue weighted by Crippen LogP contribution is -2.33. The molecular formula is C16H22N2OS. The molecule has 0 aliphatic heterocycles. The van der Waals surface area contributed by atoms with Gasteiger partial charge in [-0.25, -0.2) is 0 Å². The summed E-state index contributed by atoms with van der Waals surface area (Å²) in [5, 5.41) is 3.04. The minimum absolute atomic E-state index is 0.0164. The first-order valence-electron chi connectivity index (χ1n) is 7.26. The Labute approximate surface area is 125 Å². The van der Waals surface area contributed by atoms with Gasteiger partial charge in [-0.2, -0.15) is 0 Å². The Morgan fingerprint density at radius 3 is 2.45 bits per heavy atom. The van der Waals surface area contributed by atoms with Crippen LogP contribution in [0.25, 0.3) is 0 Å². The first kappa shape index (κ1) is 15.0. The van der Waals surface area contributed by atoms with Crippen molar-refractivity contribution < 1.29 is 4.79 Å². The monoisotopic (exact) mass is 290 g/mol. The van der Waals surface area contributed by atoms with Crippen molar-refractivity contribution in [2.75, 3.05) is 6.54 Å². The van der Waals surface area contributed by atoms with Crippen LogP contribution < -0.4 is 11.1 Å². The average Bonchev–Trinajstić information content (AvgIpc) is 2.46. The first-order valence-corrected chi connectivity index (χ1v) is 7.67. The molecule has 2 unspecified atom stereocenters. The topological polar surface area (TPSA) is 55.1 Å². The minimum Gasteiger partial charge on any atom is -0.389 e. The number of thiocarbonyl (C=S) groups is 1. The molecule has 2 atom stereocenters. The highest BCUT2D eigenvalue weighted by Crippen LogP contribution is 2.28. The molecule has 1 aliphatic carbocycles. The molecule has 2 rings (SSSR count). The second kappa shape index (κ2) is 6.84. The molecule has 0 aromatic heterocycles. The molecule has 1 amide bonds. The Morgan fingerprint density at radius 2 is 1.85 bits per heavy atom. The van der Waals surface area contributed by atoms with Crippen molar-refractivity contribution in [3.05, 3.63) is 35.4 Å². The molecule has 3 N–H and O–H groups in total. The summed E-state index contributed by atoms with van der Waals surface area (Å²) in [6, 6.07) is 7.13. The molecule has 20 heavy (non-hydrogen) atoms. The predicted molar refractivity (Wildman–Crippen MR) is 85.8 cm³/mol. The summed E-state index contributed by atoms with van der Waals surface area (Å²) < 4.78 is 0. The number of carbonyl (C=O) groups excluding carboxylic acids is 1. The summed E-state index contributed by atoms with van der Waals surface area (Å²) in [6.07, 6.45) is 5.12. The molecule has 4 heteroatoms. The smallest absolute Gasteiger partial charge is 0.251 e. The number of hydrogen-bond acceptors (Lipinski definition) is 2. The van der Waals surface area contributed by atoms with Gasteiger partial charge in [-0.05, 0) is 30.4 Å². The van der Waals surface area contributed by atoms with Crippen LogP contribution in [0, 0.1) is 11.8 Å². The van der Waals surface area contributed by atoms with Gasteiger partial charge in [0.15, 0.2) is 0 Å². The van der Waals surface area contributed by atoms with Crippen molar-refractivity contribution in [2.24, 2.45) is 17.6 Å². The van der Waals surface area contributed by atoms with Crippen LogP contribution in [0.4, 0.5) is 0 Å². The summed E-state index contributed by atoms with van der Waals surface area (Å²) in [6.45, 7) is 3.06. The number of nitrogens with two attached hydrogens (primary N) is 1. The highest BCUT2D eigenvalue weighted by molar-refractivity contribution is 7.80. The highest BCUT2D eigenvalue weighted by Gasteiger charge is 2.21. The first-order chi connectivity index (χ1) is 9.58. The fourth-order valence-corrected chi connectivity index (χ4v) is 2.94. The van der Waals surface area contributed by atoms with Crippen molar-refractivity contribution in [2.45, 2.75) is 32.6 Å². The second-order valence-corrected chi connectivity index (χ2v) is 6.11. The van der Waals surface area contributed by atoms with Gasteiger partial charge < -0.3 is 11.1 Å². The third kappa shape index (κ3) is 3.79. The van der Waals surface area contributed by atoms with Crippen LogP contribution in [0.1, 0.15) is 48.5 Å². The standard InChI is InChI=1S/C16H22N2OS/c1-11-4-2-3-5-14(11)10-18-16(19)13-8-6-12(7-9-13)15(17)20/h6-9,11,14H,2-5,10H2,1H3,(H2,17,20)(H,18,19). The van der Waals surface area contributed by atoms with Gasteiger partial charge >= 0.3 is 0 Å². The Bertz CT molecular complexity index is 484. The van der Waals surface area contributed by atoms with E-state index in [1.807, 2.05) is 0 Å². The third-order valence-corrected chi connectivity index (χ3v) is 4.48. The van der Waals surface area contributed by atoms with Crippen LogP contribution in [-0.4, -0.2) is 17.4 Å². The number of carbonyl (C=O) groups is 1. The van der Waals surface area contributed by atoms with E-state index in [2.05, 4.69) is 12.2 Å². The van der Waals surface area contributed by atoms with E-state index in [4.69, 9.17) is 18.0 Å². The number of rotatable bonds is 4. The van der Waals surface area contributed by atoms with Gasteiger partial charge in [0.2, 0.25) is 0 Å². The predicted octanol–water partition coefficient (Wildman–Crippen LogP) is 2.88. The lowest BCUT2D eigenvalue weighted by atomic mass is 9.80. The molecule has 0 heterocycles. The minimum atomic E-state index is -0.0164. The van der Waals surface area contributed by atoms with E-state index in [1.54, 1.807) is 24.3 Å². The summed E-state index contributed by atoms with van der Waals surface area (Å²) in [5.74, 6) is 1.31. The van der Waals surface area contributed by atoms with Crippen molar-refractivity contribution in [1.29, 1.82) is 0 Å². The molecule has 1 aromatic rings. The third-order valence-electron chi connectivity index (χ3n) is 4.25. The van der Waals surface area contributed by atoms with E-state index < -0.39 is 0 Å². The van der Waals surface area contributed by atoms with Crippen molar-refractivity contribution in [3.63, 3.8) is 0 Å². The summed E-state index contributed by atoms with van der Waals surface area (Å²) in [4.78, 5) is 12.5. The molecule has 0 radical (unpaired) electrons. The fraction of sp³-hybridized carbons (Fsp3) is 0.500. The Kier molecular flexibility index (Phi) is 5.12. The molecule has 1 aliphatic rings. The second-order valence-electron chi connectivity index (χ2n) is 5.67. The Morgan fingerprint density at radius 1 is 1.25 bits per heavy atom. The zero-order valence-corrected chi connectivity index (χ0v) is 12.7. The van der Waals surface area contributed by atoms with Crippen LogP contribution in [0.2, 0.25) is 0 Å². The zero-order valence-electron chi connectivity index (χ0n) is 11.9. The van der Waals surface area contributed by atoms with E-state index in [0.29, 0.717) is 22.4 Å². The normalized spacial score (nSPS) is 22.2. The molecule has 1 fully saturated rings.